The van der Waals surface area contributed by atoms with Crippen LogP contribution in [-0.4, -0.2) is 60.8 Å². The third-order valence-electron chi connectivity index (χ3n) is 6.85. The number of rotatable bonds is 11. The number of anilines is 2. The zero-order valence-electron chi connectivity index (χ0n) is 21.2. The van der Waals surface area contributed by atoms with Crippen molar-refractivity contribution in [2.24, 2.45) is 11.8 Å². The number of methoxy groups -OCH3 is 2. The van der Waals surface area contributed by atoms with Crippen LogP contribution in [0.5, 0.6) is 11.5 Å². The summed E-state index contributed by atoms with van der Waals surface area (Å²) in [6.45, 7) is 5.06. The van der Waals surface area contributed by atoms with Gasteiger partial charge in [0.2, 0.25) is 5.95 Å². The van der Waals surface area contributed by atoms with Gasteiger partial charge < -0.3 is 24.8 Å². The highest BCUT2D eigenvalue weighted by atomic mass is 19.1. The van der Waals surface area contributed by atoms with Crippen LogP contribution in [0, 0.1) is 23.5 Å². The second-order valence-corrected chi connectivity index (χ2v) is 9.52. The molecule has 3 heterocycles. The first-order valence-electron chi connectivity index (χ1n) is 12.4. The fourth-order valence-electron chi connectivity index (χ4n) is 4.50. The normalized spacial score (nSPS) is 18.8. The van der Waals surface area contributed by atoms with E-state index in [-0.39, 0.29) is 40.5 Å². The van der Waals surface area contributed by atoms with Gasteiger partial charge in [-0.15, -0.1) is 0 Å². The number of hydrogen-bond acceptors (Lipinski definition) is 9. The van der Waals surface area contributed by atoms with E-state index in [4.69, 9.17) is 14.2 Å². The number of allylic oxidation sites excluding steroid dienone is 1. The van der Waals surface area contributed by atoms with Crippen LogP contribution in [0.15, 0.2) is 31.0 Å². The molecular formula is C27H29F2N5O4. The molecule has 3 aromatic rings. The van der Waals surface area contributed by atoms with E-state index in [1.807, 2.05) is 0 Å². The van der Waals surface area contributed by atoms with E-state index in [1.165, 1.54) is 26.4 Å². The highest BCUT2D eigenvalue weighted by Crippen LogP contribution is 2.39. The predicted octanol–water partition coefficient (Wildman–Crippen LogP) is 4.38. The average Bonchev–Trinajstić information content (AvgIpc) is 3.66. The lowest BCUT2D eigenvalue weighted by molar-refractivity contribution is -0.115. The Kier molecular flexibility index (Phi) is 7.37. The van der Waals surface area contributed by atoms with Gasteiger partial charge in [-0.05, 0) is 30.9 Å². The van der Waals surface area contributed by atoms with E-state index in [2.05, 4.69) is 32.2 Å². The van der Waals surface area contributed by atoms with Crippen molar-refractivity contribution >= 4 is 28.5 Å². The molecule has 0 amide bonds. The zero-order chi connectivity index (χ0) is 26.8. The number of fused-ring (bicyclic) bond motifs is 1. The number of hydrogen-bond donors (Lipinski definition) is 2. The number of ketones is 1. The molecule has 2 fully saturated rings. The van der Waals surface area contributed by atoms with E-state index >= 15 is 8.78 Å². The van der Waals surface area contributed by atoms with Gasteiger partial charge in [0.25, 0.3) is 0 Å². The summed E-state index contributed by atoms with van der Waals surface area (Å²) in [7, 11) is 2.59. The Morgan fingerprint density at radius 3 is 2.55 bits per heavy atom. The number of carbonyl (C=O) groups excluding carboxylic acids is 1. The second kappa shape index (κ2) is 10.9. The van der Waals surface area contributed by atoms with Gasteiger partial charge in [-0.2, -0.15) is 0 Å². The standard InChI is InChI=1S/C27H29F2N5O4/c1-4-17(35)7-16-12-38-13-19(16)33-27-31-11-15-8-18(32-26(25(15)34-27)30-10-14-5-6-14)22-23(28)20(36-2)9-21(37-3)24(22)29/h4,8-9,11,14,16,19H,1,5-7,10,12-13H2,2-3H3,(H,30,32)(H,31,33,34)/t16-,19+/m0/s1. The maximum atomic E-state index is 15.3. The lowest BCUT2D eigenvalue weighted by Crippen LogP contribution is -2.30. The van der Waals surface area contributed by atoms with Gasteiger partial charge in [0.05, 0.1) is 44.7 Å². The van der Waals surface area contributed by atoms with Crippen LogP contribution in [-0.2, 0) is 9.53 Å². The predicted molar refractivity (Wildman–Crippen MR) is 139 cm³/mol. The first-order chi connectivity index (χ1) is 18.4. The third kappa shape index (κ3) is 5.24. The molecule has 1 aliphatic carbocycles. The minimum atomic E-state index is -0.883. The van der Waals surface area contributed by atoms with E-state index in [0.717, 1.165) is 18.9 Å². The molecule has 1 saturated heterocycles. The molecule has 0 bridgehead atoms. The Morgan fingerprint density at radius 2 is 1.89 bits per heavy atom. The summed E-state index contributed by atoms with van der Waals surface area (Å²) < 4.78 is 46.3. The van der Waals surface area contributed by atoms with E-state index in [1.54, 1.807) is 6.20 Å². The number of halogens is 2. The second-order valence-electron chi connectivity index (χ2n) is 9.52. The minimum Gasteiger partial charge on any atom is -0.494 e. The molecular weight excluding hydrogens is 496 g/mol. The van der Waals surface area contributed by atoms with Crippen LogP contribution >= 0.6 is 0 Å². The van der Waals surface area contributed by atoms with Crippen molar-refractivity contribution in [2.75, 3.05) is 44.6 Å². The van der Waals surface area contributed by atoms with Gasteiger partial charge >= 0.3 is 0 Å². The van der Waals surface area contributed by atoms with Crippen LogP contribution in [0.25, 0.3) is 22.2 Å². The summed E-state index contributed by atoms with van der Waals surface area (Å²) in [5.74, 6) is -0.939. The molecule has 0 spiro atoms. The molecule has 0 radical (unpaired) electrons. The van der Waals surface area contributed by atoms with Gasteiger partial charge in [0.15, 0.2) is 34.7 Å². The third-order valence-corrected chi connectivity index (χ3v) is 6.85. The highest BCUT2D eigenvalue weighted by molar-refractivity contribution is 5.92. The maximum Gasteiger partial charge on any atom is 0.223 e. The van der Waals surface area contributed by atoms with Crippen LogP contribution in [0.2, 0.25) is 0 Å². The summed E-state index contributed by atoms with van der Waals surface area (Å²) in [5, 5.41) is 7.11. The number of nitrogens with one attached hydrogen (secondary N) is 2. The summed E-state index contributed by atoms with van der Waals surface area (Å²) in [6.07, 6.45) is 5.41. The molecule has 38 heavy (non-hydrogen) atoms. The Labute approximate surface area is 218 Å². The first-order valence-corrected chi connectivity index (χ1v) is 12.4. The first kappa shape index (κ1) is 25.8. The highest BCUT2D eigenvalue weighted by Gasteiger charge is 2.30. The molecule has 1 aromatic carbocycles. The summed E-state index contributed by atoms with van der Waals surface area (Å²) >= 11 is 0. The van der Waals surface area contributed by atoms with Crippen molar-refractivity contribution < 1.29 is 27.8 Å². The zero-order valence-corrected chi connectivity index (χ0v) is 21.2. The number of ether oxygens (including phenoxy) is 3. The molecule has 2 N–H and O–H groups in total. The average molecular weight is 526 g/mol. The van der Waals surface area contributed by atoms with E-state index in [9.17, 15) is 4.79 Å². The van der Waals surface area contributed by atoms with Crippen molar-refractivity contribution in [1.82, 2.24) is 15.0 Å². The van der Waals surface area contributed by atoms with Gasteiger partial charge in [0.1, 0.15) is 5.52 Å². The molecule has 1 saturated carbocycles. The monoisotopic (exact) mass is 525 g/mol. The Balaban J connectivity index is 1.54. The van der Waals surface area contributed by atoms with Gasteiger partial charge in [-0.3, -0.25) is 4.79 Å². The topological polar surface area (TPSA) is 107 Å². The summed E-state index contributed by atoms with van der Waals surface area (Å²) in [6, 6.07) is 2.54. The Hall–Kier alpha value is -3.86. The number of pyridine rings is 1. The lowest BCUT2D eigenvalue weighted by Gasteiger charge is -2.19. The van der Waals surface area contributed by atoms with E-state index in [0.29, 0.717) is 54.8 Å². The molecule has 200 valence electrons. The molecule has 2 aromatic heterocycles. The van der Waals surface area contributed by atoms with Crippen molar-refractivity contribution in [1.29, 1.82) is 0 Å². The van der Waals surface area contributed by atoms with Crippen LogP contribution in [0.3, 0.4) is 0 Å². The Morgan fingerprint density at radius 1 is 1.16 bits per heavy atom. The van der Waals surface area contributed by atoms with E-state index < -0.39 is 11.6 Å². The summed E-state index contributed by atoms with van der Waals surface area (Å²) in [4.78, 5) is 25.6. The number of carbonyl (C=O) groups is 1. The largest absolute Gasteiger partial charge is 0.494 e. The van der Waals surface area contributed by atoms with Crippen LogP contribution < -0.4 is 20.1 Å². The van der Waals surface area contributed by atoms with Gasteiger partial charge in [-0.25, -0.2) is 23.7 Å². The quantitative estimate of drug-likeness (QED) is 0.353. The van der Waals surface area contributed by atoms with Crippen molar-refractivity contribution in [2.45, 2.75) is 25.3 Å². The SMILES string of the molecule is C=CC(=O)C[C@H]1COC[C@H]1Nc1ncc2cc(-c3c(F)c(OC)cc(OC)c3F)nc(NCC3CC3)c2n1. The lowest BCUT2D eigenvalue weighted by atomic mass is 9.97. The molecule has 2 atom stereocenters. The van der Waals surface area contributed by atoms with Crippen molar-refractivity contribution in [3.63, 3.8) is 0 Å². The smallest absolute Gasteiger partial charge is 0.223 e. The molecule has 1 aliphatic heterocycles. The van der Waals surface area contributed by atoms with Crippen LogP contribution in [0.1, 0.15) is 19.3 Å². The molecule has 0 unspecified atom stereocenters. The number of aromatic nitrogens is 3. The fourth-order valence-corrected chi connectivity index (χ4v) is 4.50. The summed E-state index contributed by atoms with van der Waals surface area (Å²) in [5.41, 5.74) is 0.192. The molecule has 5 rings (SSSR count). The Bertz CT molecular complexity index is 1350. The van der Waals surface area contributed by atoms with Crippen molar-refractivity contribution in [3.8, 4) is 22.8 Å². The van der Waals surface area contributed by atoms with Gasteiger partial charge in [-0.1, -0.05) is 6.58 Å². The van der Waals surface area contributed by atoms with Crippen molar-refractivity contribution in [3.05, 3.63) is 42.6 Å². The molecule has 11 heteroatoms. The minimum absolute atomic E-state index is 0.0400. The maximum absolute atomic E-state index is 15.3. The van der Waals surface area contributed by atoms with Crippen LogP contribution in [0.4, 0.5) is 20.5 Å². The number of nitrogens with zero attached hydrogens (tertiary/aromatic N) is 3. The fraction of sp³-hybridized carbons (Fsp3) is 0.407. The molecule has 9 nitrogen and oxygen atoms in total. The number of benzene rings is 1. The molecule has 2 aliphatic rings. The van der Waals surface area contributed by atoms with Gasteiger partial charge in [0, 0.05) is 36.5 Å².